The summed E-state index contributed by atoms with van der Waals surface area (Å²) in [4.78, 5) is 20.7. The third-order valence-corrected chi connectivity index (χ3v) is 5.01. The van der Waals surface area contributed by atoms with Crippen LogP contribution in [0, 0.1) is 6.92 Å². The molecule has 7 nitrogen and oxygen atoms in total. The van der Waals surface area contributed by atoms with E-state index in [9.17, 15) is 9.90 Å². The minimum absolute atomic E-state index is 0.151. The molecule has 28 heavy (non-hydrogen) atoms. The van der Waals surface area contributed by atoms with Gasteiger partial charge in [-0.15, -0.1) is 0 Å². The highest BCUT2D eigenvalue weighted by atomic mass is 79.9. The molecule has 0 saturated heterocycles. The minimum atomic E-state index is -0.276. The summed E-state index contributed by atoms with van der Waals surface area (Å²) in [5.74, 6) is 1.07. The fourth-order valence-corrected chi connectivity index (χ4v) is 3.51. The first-order valence-corrected chi connectivity index (χ1v) is 9.34. The van der Waals surface area contributed by atoms with Crippen LogP contribution in [0.2, 0.25) is 0 Å². The maximum absolute atomic E-state index is 13.0. The van der Waals surface area contributed by atoms with Crippen molar-refractivity contribution in [1.29, 1.82) is 0 Å². The zero-order valence-electron chi connectivity index (χ0n) is 15.2. The van der Waals surface area contributed by atoms with Crippen LogP contribution in [0.25, 0.3) is 21.9 Å². The largest absolute Gasteiger partial charge is 0.496 e. The molecule has 0 aliphatic carbocycles. The summed E-state index contributed by atoms with van der Waals surface area (Å²) in [6.07, 6.45) is 1.56. The molecule has 0 aliphatic rings. The Bertz CT molecular complexity index is 1290. The number of benzene rings is 2. The van der Waals surface area contributed by atoms with Crippen molar-refractivity contribution in [2.45, 2.75) is 13.5 Å². The van der Waals surface area contributed by atoms with E-state index in [2.05, 4.69) is 31.0 Å². The second-order valence-electron chi connectivity index (χ2n) is 6.29. The van der Waals surface area contributed by atoms with Crippen LogP contribution < -0.4 is 10.3 Å². The Morgan fingerprint density at radius 3 is 2.89 bits per heavy atom. The average Bonchev–Trinajstić information content (AvgIpc) is 3.05. The van der Waals surface area contributed by atoms with Gasteiger partial charge in [-0.05, 0) is 48.9 Å². The number of nitrogens with one attached hydrogen (secondary N) is 1. The van der Waals surface area contributed by atoms with Crippen LogP contribution in [-0.2, 0) is 6.61 Å². The second kappa shape index (κ2) is 7.21. The standard InChI is InChI=1S/C20H17BrN4O3/c1-11-23-18-15-8-14(21)4-5-16(15)24-19(18)20(27)25(11)22-9-12-3-6-17(28-2)13(7-12)10-26/h3-9,24,26H,10H2,1-2H3/b22-9-. The van der Waals surface area contributed by atoms with Crippen LogP contribution in [-0.4, -0.2) is 33.1 Å². The van der Waals surface area contributed by atoms with Gasteiger partial charge in [0.25, 0.3) is 5.56 Å². The number of aliphatic hydroxyl groups is 1. The highest BCUT2D eigenvalue weighted by molar-refractivity contribution is 9.10. The quantitative estimate of drug-likeness (QED) is 0.476. The number of nitrogens with zero attached hydrogens (tertiary/aromatic N) is 3. The number of methoxy groups -OCH3 is 1. The third-order valence-electron chi connectivity index (χ3n) is 4.52. The van der Waals surface area contributed by atoms with Gasteiger partial charge >= 0.3 is 0 Å². The molecular formula is C20H17BrN4O3. The van der Waals surface area contributed by atoms with Gasteiger partial charge in [-0.2, -0.15) is 9.78 Å². The number of halogens is 1. The van der Waals surface area contributed by atoms with E-state index in [4.69, 9.17) is 4.74 Å². The highest BCUT2D eigenvalue weighted by Gasteiger charge is 2.13. The SMILES string of the molecule is COc1ccc(/C=N\n2c(C)nc3c([nH]c4ccc(Br)cc43)c2=O)cc1CO. The van der Waals surface area contributed by atoms with Gasteiger partial charge in [-0.3, -0.25) is 4.79 Å². The van der Waals surface area contributed by atoms with Gasteiger partial charge < -0.3 is 14.8 Å². The summed E-state index contributed by atoms with van der Waals surface area (Å²) in [7, 11) is 1.55. The minimum Gasteiger partial charge on any atom is -0.496 e. The molecule has 0 fully saturated rings. The van der Waals surface area contributed by atoms with Gasteiger partial charge in [-0.1, -0.05) is 15.9 Å². The van der Waals surface area contributed by atoms with Crippen molar-refractivity contribution in [2.24, 2.45) is 5.10 Å². The number of rotatable bonds is 4. The molecule has 0 atom stereocenters. The zero-order valence-corrected chi connectivity index (χ0v) is 16.8. The van der Waals surface area contributed by atoms with E-state index in [0.29, 0.717) is 28.2 Å². The molecule has 2 heterocycles. The molecule has 0 aliphatic heterocycles. The third kappa shape index (κ3) is 3.10. The van der Waals surface area contributed by atoms with Crippen LogP contribution in [0.15, 0.2) is 50.8 Å². The topological polar surface area (TPSA) is 92.5 Å². The van der Waals surface area contributed by atoms with E-state index < -0.39 is 0 Å². The first kappa shape index (κ1) is 18.4. The molecule has 8 heteroatoms. The first-order valence-electron chi connectivity index (χ1n) is 8.54. The van der Waals surface area contributed by atoms with Gasteiger partial charge in [0.15, 0.2) is 0 Å². The lowest BCUT2D eigenvalue weighted by Gasteiger charge is -2.07. The van der Waals surface area contributed by atoms with Crippen molar-refractivity contribution in [1.82, 2.24) is 14.6 Å². The van der Waals surface area contributed by atoms with E-state index in [1.54, 1.807) is 38.4 Å². The van der Waals surface area contributed by atoms with Gasteiger partial charge in [0.2, 0.25) is 0 Å². The van der Waals surface area contributed by atoms with E-state index in [1.165, 1.54) is 4.68 Å². The number of aliphatic hydroxyl groups excluding tert-OH is 1. The lowest BCUT2D eigenvalue weighted by atomic mass is 10.1. The monoisotopic (exact) mass is 440 g/mol. The van der Waals surface area contributed by atoms with E-state index >= 15 is 0 Å². The molecular weight excluding hydrogens is 424 g/mol. The Balaban J connectivity index is 1.82. The van der Waals surface area contributed by atoms with Crippen LogP contribution in [0.5, 0.6) is 5.75 Å². The molecule has 0 saturated carbocycles. The molecule has 4 aromatic rings. The number of fused-ring (bicyclic) bond motifs is 3. The molecule has 142 valence electrons. The van der Waals surface area contributed by atoms with Crippen LogP contribution >= 0.6 is 15.9 Å². The van der Waals surface area contributed by atoms with Crippen molar-refractivity contribution >= 4 is 44.1 Å². The fraction of sp³-hybridized carbons (Fsp3) is 0.150. The molecule has 4 rings (SSSR count). The first-order chi connectivity index (χ1) is 13.5. The molecule has 2 aromatic carbocycles. The molecule has 0 radical (unpaired) electrons. The normalized spacial score (nSPS) is 11.7. The second-order valence-corrected chi connectivity index (χ2v) is 7.20. The van der Waals surface area contributed by atoms with Crippen molar-refractivity contribution < 1.29 is 9.84 Å². The summed E-state index contributed by atoms with van der Waals surface area (Å²) in [5.41, 5.74) is 2.97. The van der Waals surface area contributed by atoms with Gasteiger partial charge in [0, 0.05) is 20.9 Å². The molecule has 0 unspecified atom stereocenters. The van der Waals surface area contributed by atoms with Gasteiger partial charge in [0.05, 0.1) is 19.9 Å². The highest BCUT2D eigenvalue weighted by Crippen LogP contribution is 2.25. The van der Waals surface area contributed by atoms with Gasteiger partial charge in [0.1, 0.15) is 22.6 Å². The lowest BCUT2D eigenvalue weighted by molar-refractivity contribution is 0.274. The van der Waals surface area contributed by atoms with Crippen LogP contribution in [0.4, 0.5) is 0 Å². The predicted molar refractivity (Wildman–Crippen MR) is 112 cm³/mol. The Morgan fingerprint density at radius 1 is 1.32 bits per heavy atom. The van der Waals surface area contributed by atoms with E-state index in [0.717, 1.165) is 20.9 Å². The molecule has 0 spiro atoms. The van der Waals surface area contributed by atoms with E-state index in [1.807, 2.05) is 18.2 Å². The average molecular weight is 441 g/mol. The summed E-state index contributed by atoms with van der Waals surface area (Å²) >= 11 is 3.45. The van der Waals surface area contributed by atoms with Crippen molar-refractivity contribution in [3.8, 4) is 5.75 Å². The lowest BCUT2D eigenvalue weighted by Crippen LogP contribution is -2.20. The smallest absolute Gasteiger partial charge is 0.298 e. The number of aromatic amines is 1. The summed E-state index contributed by atoms with van der Waals surface area (Å²) in [6.45, 7) is 1.59. The number of aryl methyl sites for hydroxylation is 1. The van der Waals surface area contributed by atoms with Crippen molar-refractivity contribution in [3.63, 3.8) is 0 Å². The maximum atomic E-state index is 13.0. The van der Waals surface area contributed by atoms with Crippen molar-refractivity contribution in [2.75, 3.05) is 7.11 Å². The molecule has 0 bridgehead atoms. The number of H-pyrrole nitrogens is 1. The van der Waals surface area contributed by atoms with Crippen LogP contribution in [0.3, 0.4) is 0 Å². The van der Waals surface area contributed by atoms with Crippen molar-refractivity contribution in [3.05, 3.63) is 68.2 Å². The number of aromatic nitrogens is 3. The molecule has 0 amide bonds. The number of hydrogen-bond donors (Lipinski definition) is 2. The number of hydrogen-bond acceptors (Lipinski definition) is 5. The Morgan fingerprint density at radius 2 is 2.14 bits per heavy atom. The Labute approximate surface area is 168 Å². The fourth-order valence-electron chi connectivity index (χ4n) is 3.15. The molecule has 2 aromatic heterocycles. The molecule has 2 N–H and O–H groups in total. The van der Waals surface area contributed by atoms with Crippen LogP contribution in [0.1, 0.15) is 17.0 Å². The Kier molecular flexibility index (Phi) is 4.74. The van der Waals surface area contributed by atoms with E-state index in [-0.39, 0.29) is 12.2 Å². The summed E-state index contributed by atoms with van der Waals surface area (Å²) < 4.78 is 7.38. The summed E-state index contributed by atoms with van der Waals surface area (Å²) in [5, 5.41) is 14.6. The van der Waals surface area contributed by atoms with Gasteiger partial charge in [-0.25, -0.2) is 4.98 Å². The number of ether oxygens (including phenoxy) is 1. The summed E-state index contributed by atoms with van der Waals surface area (Å²) in [6, 6.07) is 11.0. The maximum Gasteiger partial charge on any atom is 0.298 e. The predicted octanol–water partition coefficient (Wildman–Crippen LogP) is 3.33. The Hall–Kier alpha value is -2.97. The zero-order chi connectivity index (χ0) is 19.8.